The minimum absolute atomic E-state index is 0.138. The van der Waals surface area contributed by atoms with Gasteiger partial charge in [0.15, 0.2) is 5.69 Å². The van der Waals surface area contributed by atoms with Crippen LogP contribution in [0.3, 0.4) is 0 Å². The number of carbonyl (C=O) groups is 2. The van der Waals surface area contributed by atoms with E-state index in [1.54, 1.807) is 4.90 Å². The van der Waals surface area contributed by atoms with E-state index in [0.717, 1.165) is 25.0 Å². The van der Waals surface area contributed by atoms with Gasteiger partial charge in [0, 0.05) is 24.7 Å². The Labute approximate surface area is 136 Å². The van der Waals surface area contributed by atoms with Crippen molar-refractivity contribution in [1.29, 1.82) is 0 Å². The van der Waals surface area contributed by atoms with Gasteiger partial charge in [-0.3, -0.25) is 14.3 Å². The van der Waals surface area contributed by atoms with Gasteiger partial charge < -0.3 is 10.0 Å². The summed E-state index contributed by atoms with van der Waals surface area (Å²) in [5, 5.41) is 13.8. The van der Waals surface area contributed by atoms with E-state index >= 15 is 0 Å². The minimum atomic E-state index is -0.818. The molecule has 1 aromatic rings. The maximum Gasteiger partial charge on any atom is 0.308 e. The number of likely N-dealkylation sites (tertiary alicyclic amines) is 1. The number of nitrogens with zero attached hydrogens (tertiary/aromatic N) is 3. The number of rotatable bonds is 3. The third kappa shape index (κ3) is 3.26. The van der Waals surface area contributed by atoms with Crippen LogP contribution in [0.4, 0.5) is 0 Å². The molecule has 2 aliphatic rings. The topological polar surface area (TPSA) is 75.4 Å². The maximum absolute atomic E-state index is 12.8. The van der Waals surface area contributed by atoms with Gasteiger partial charge in [-0.1, -0.05) is 0 Å². The first-order chi connectivity index (χ1) is 10.8. The second-order valence-corrected chi connectivity index (χ2v) is 7.74. The Morgan fingerprint density at radius 1 is 1.26 bits per heavy atom. The van der Waals surface area contributed by atoms with Gasteiger partial charge in [0.2, 0.25) is 0 Å². The van der Waals surface area contributed by atoms with Crippen LogP contribution in [0.25, 0.3) is 0 Å². The van der Waals surface area contributed by atoms with Crippen LogP contribution in [0.2, 0.25) is 0 Å². The highest BCUT2D eigenvalue weighted by Gasteiger charge is 2.34. The molecule has 6 nitrogen and oxygen atoms in total. The maximum atomic E-state index is 12.8. The highest BCUT2D eigenvalue weighted by atomic mass is 16.4. The Kier molecular flexibility index (Phi) is 3.94. The average Bonchev–Trinajstić information content (AvgIpc) is 3.23. The van der Waals surface area contributed by atoms with E-state index in [9.17, 15) is 14.7 Å². The molecule has 2 heterocycles. The molecule has 0 unspecified atom stereocenters. The van der Waals surface area contributed by atoms with Crippen LogP contribution in [0.1, 0.15) is 68.6 Å². The molecule has 1 aliphatic heterocycles. The predicted molar refractivity (Wildman–Crippen MR) is 85.5 cm³/mol. The standard InChI is InChI=1S/C17H25N3O3/c1-17(2,3)20-14(11-6-7-11)9-13(18-20)15(21)19-8-4-5-12(10-19)16(22)23/h9,11-12H,4-8,10H2,1-3H3,(H,22,23)/t12-/m0/s1. The molecular formula is C17H25N3O3. The number of carboxylic acids is 1. The molecule has 1 atom stereocenters. The molecule has 1 aromatic heterocycles. The van der Waals surface area contributed by atoms with Crippen LogP contribution in [0.15, 0.2) is 6.07 Å². The molecule has 0 spiro atoms. The summed E-state index contributed by atoms with van der Waals surface area (Å²) in [5.41, 5.74) is 1.42. The Hall–Kier alpha value is -1.85. The van der Waals surface area contributed by atoms with E-state index in [2.05, 4.69) is 25.9 Å². The summed E-state index contributed by atoms with van der Waals surface area (Å²) in [5.74, 6) is -0.904. The normalized spacial score (nSPS) is 22.2. The second kappa shape index (κ2) is 5.65. The van der Waals surface area contributed by atoms with Crippen LogP contribution in [-0.2, 0) is 10.3 Å². The number of carboxylic acid groups (broad SMARTS) is 1. The van der Waals surface area contributed by atoms with E-state index < -0.39 is 11.9 Å². The average molecular weight is 319 g/mol. The highest BCUT2D eigenvalue weighted by Crippen LogP contribution is 2.41. The fourth-order valence-electron chi connectivity index (χ4n) is 3.23. The fourth-order valence-corrected chi connectivity index (χ4v) is 3.23. The van der Waals surface area contributed by atoms with Crippen LogP contribution in [0.5, 0.6) is 0 Å². The van der Waals surface area contributed by atoms with Crippen molar-refractivity contribution in [1.82, 2.24) is 14.7 Å². The predicted octanol–water partition coefficient (Wildman–Crippen LogP) is 2.45. The number of carbonyl (C=O) groups excluding carboxylic acids is 1. The monoisotopic (exact) mass is 319 g/mol. The Bertz CT molecular complexity index is 626. The lowest BCUT2D eigenvalue weighted by molar-refractivity contribution is -0.143. The second-order valence-electron chi connectivity index (χ2n) is 7.74. The van der Waals surface area contributed by atoms with Crippen molar-refractivity contribution in [2.45, 2.75) is 57.9 Å². The van der Waals surface area contributed by atoms with Gasteiger partial charge in [-0.2, -0.15) is 5.10 Å². The molecule has 3 rings (SSSR count). The van der Waals surface area contributed by atoms with Gasteiger partial charge in [-0.25, -0.2) is 0 Å². The summed E-state index contributed by atoms with van der Waals surface area (Å²) in [4.78, 5) is 25.6. The zero-order valence-electron chi connectivity index (χ0n) is 14.1. The number of aliphatic carboxylic acids is 1. The van der Waals surface area contributed by atoms with Crippen molar-refractivity contribution >= 4 is 11.9 Å². The fraction of sp³-hybridized carbons (Fsp3) is 0.706. The lowest BCUT2D eigenvalue weighted by Crippen LogP contribution is -2.42. The molecule has 0 aromatic carbocycles. The number of piperidine rings is 1. The molecule has 126 valence electrons. The Balaban J connectivity index is 1.83. The van der Waals surface area contributed by atoms with E-state index in [0.29, 0.717) is 24.6 Å². The summed E-state index contributed by atoms with van der Waals surface area (Å²) in [6, 6.07) is 1.91. The third-order valence-electron chi connectivity index (χ3n) is 4.64. The first-order valence-corrected chi connectivity index (χ1v) is 8.40. The zero-order valence-corrected chi connectivity index (χ0v) is 14.1. The molecule has 2 fully saturated rings. The van der Waals surface area contributed by atoms with E-state index in [1.165, 1.54) is 0 Å². The van der Waals surface area contributed by atoms with Crippen molar-refractivity contribution in [3.05, 3.63) is 17.5 Å². The molecule has 1 amide bonds. The summed E-state index contributed by atoms with van der Waals surface area (Å²) >= 11 is 0. The van der Waals surface area contributed by atoms with Crippen molar-refractivity contribution in [2.24, 2.45) is 5.92 Å². The molecular weight excluding hydrogens is 294 g/mol. The first-order valence-electron chi connectivity index (χ1n) is 8.40. The van der Waals surface area contributed by atoms with Gasteiger partial charge in [0.25, 0.3) is 5.91 Å². The molecule has 1 aliphatic carbocycles. The number of aromatic nitrogens is 2. The molecule has 1 saturated carbocycles. The van der Waals surface area contributed by atoms with E-state index in [4.69, 9.17) is 0 Å². The van der Waals surface area contributed by atoms with Crippen LogP contribution in [-0.4, -0.2) is 44.8 Å². The molecule has 1 N–H and O–H groups in total. The highest BCUT2D eigenvalue weighted by molar-refractivity contribution is 5.93. The van der Waals surface area contributed by atoms with E-state index in [-0.39, 0.29) is 18.0 Å². The molecule has 0 bridgehead atoms. The summed E-state index contributed by atoms with van der Waals surface area (Å²) in [6.07, 6.45) is 3.68. The third-order valence-corrected chi connectivity index (χ3v) is 4.64. The SMILES string of the molecule is CC(C)(C)n1nc(C(=O)N2CCC[C@H](C(=O)O)C2)cc1C1CC1. The van der Waals surface area contributed by atoms with Gasteiger partial charge in [-0.15, -0.1) is 0 Å². The molecule has 1 saturated heterocycles. The number of hydrogen-bond acceptors (Lipinski definition) is 3. The number of hydrogen-bond donors (Lipinski definition) is 1. The van der Waals surface area contributed by atoms with Gasteiger partial charge in [-0.05, 0) is 52.5 Å². The van der Waals surface area contributed by atoms with Crippen LogP contribution < -0.4 is 0 Å². The first kappa shape index (κ1) is 16.0. The van der Waals surface area contributed by atoms with Crippen LogP contribution >= 0.6 is 0 Å². The quantitative estimate of drug-likeness (QED) is 0.928. The largest absolute Gasteiger partial charge is 0.481 e. The Morgan fingerprint density at radius 2 is 1.96 bits per heavy atom. The summed E-state index contributed by atoms with van der Waals surface area (Å²) in [7, 11) is 0. The Morgan fingerprint density at radius 3 is 2.52 bits per heavy atom. The minimum Gasteiger partial charge on any atom is -0.481 e. The molecule has 0 radical (unpaired) electrons. The van der Waals surface area contributed by atoms with Gasteiger partial charge in [0.1, 0.15) is 0 Å². The van der Waals surface area contributed by atoms with Crippen LogP contribution in [0, 0.1) is 5.92 Å². The zero-order chi connectivity index (χ0) is 16.8. The van der Waals surface area contributed by atoms with Crippen molar-refractivity contribution < 1.29 is 14.7 Å². The lowest BCUT2D eigenvalue weighted by Gasteiger charge is -2.30. The molecule has 23 heavy (non-hydrogen) atoms. The van der Waals surface area contributed by atoms with Gasteiger partial charge in [0.05, 0.1) is 11.5 Å². The summed E-state index contributed by atoms with van der Waals surface area (Å²) in [6.45, 7) is 7.16. The van der Waals surface area contributed by atoms with Crippen molar-refractivity contribution in [3.63, 3.8) is 0 Å². The molecule has 6 heteroatoms. The smallest absolute Gasteiger partial charge is 0.308 e. The lowest BCUT2D eigenvalue weighted by atomic mass is 9.98. The van der Waals surface area contributed by atoms with Crippen molar-refractivity contribution in [3.8, 4) is 0 Å². The van der Waals surface area contributed by atoms with Crippen molar-refractivity contribution in [2.75, 3.05) is 13.1 Å². The van der Waals surface area contributed by atoms with E-state index in [1.807, 2.05) is 10.7 Å². The number of amides is 1. The summed E-state index contributed by atoms with van der Waals surface area (Å²) < 4.78 is 1.97. The van der Waals surface area contributed by atoms with Gasteiger partial charge >= 0.3 is 5.97 Å².